The Morgan fingerprint density at radius 1 is 0.968 bits per heavy atom. The van der Waals surface area contributed by atoms with Crippen molar-refractivity contribution in [3.63, 3.8) is 0 Å². The molecule has 0 saturated carbocycles. The van der Waals surface area contributed by atoms with Gasteiger partial charge in [0.15, 0.2) is 0 Å². The molecule has 31 heavy (non-hydrogen) atoms. The number of fused-ring (bicyclic) bond motifs is 1. The molecule has 0 spiro atoms. The van der Waals surface area contributed by atoms with Gasteiger partial charge in [0.2, 0.25) is 11.8 Å². The molecule has 0 aliphatic heterocycles. The molecule has 0 bridgehead atoms. The molecular formula is C25H21N3O3. The van der Waals surface area contributed by atoms with E-state index in [-0.39, 0.29) is 5.91 Å². The first-order valence-corrected chi connectivity index (χ1v) is 9.68. The molecular weight excluding hydrogens is 390 g/mol. The van der Waals surface area contributed by atoms with Gasteiger partial charge in [0.1, 0.15) is 11.5 Å². The van der Waals surface area contributed by atoms with Crippen LogP contribution < -0.4 is 21.5 Å². The van der Waals surface area contributed by atoms with Crippen LogP contribution in [-0.2, 0) is 9.59 Å². The van der Waals surface area contributed by atoms with Crippen LogP contribution in [0.15, 0.2) is 91.0 Å². The molecule has 3 aromatic rings. The van der Waals surface area contributed by atoms with Crippen molar-refractivity contribution >= 4 is 23.2 Å². The molecule has 6 heteroatoms. The lowest BCUT2D eigenvalue weighted by molar-refractivity contribution is -0.114. The number of benzene rings is 3. The van der Waals surface area contributed by atoms with E-state index in [9.17, 15) is 9.59 Å². The van der Waals surface area contributed by atoms with Crippen LogP contribution in [0.3, 0.4) is 0 Å². The summed E-state index contributed by atoms with van der Waals surface area (Å²) in [5.74, 6) is 0.0376. The van der Waals surface area contributed by atoms with E-state index in [1.807, 2.05) is 54.6 Å². The summed E-state index contributed by atoms with van der Waals surface area (Å²) < 4.78 is 5.85. The minimum Gasteiger partial charge on any atom is -0.457 e. The van der Waals surface area contributed by atoms with Crippen LogP contribution in [0.4, 0.5) is 5.69 Å². The Hall–Kier alpha value is -4.32. The molecule has 1 unspecified atom stereocenters. The molecule has 1 aliphatic carbocycles. The van der Waals surface area contributed by atoms with Gasteiger partial charge < -0.3 is 21.5 Å². The number of ether oxygens (including phenoxy) is 1. The molecule has 1 atom stereocenters. The predicted octanol–water partition coefficient (Wildman–Crippen LogP) is 3.90. The molecule has 0 heterocycles. The Morgan fingerprint density at radius 2 is 1.65 bits per heavy atom. The summed E-state index contributed by atoms with van der Waals surface area (Å²) in [4.78, 5) is 24.0. The van der Waals surface area contributed by atoms with Crippen LogP contribution >= 0.6 is 0 Å². The lowest BCUT2D eigenvalue weighted by Crippen LogP contribution is -2.20. The summed E-state index contributed by atoms with van der Waals surface area (Å²) in [6, 6.07) is 22.2. The maximum absolute atomic E-state index is 12.3. The minimum absolute atomic E-state index is 0.326. The van der Waals surface area contributed by atoms with Crippen molar-refractivity contribution in [2.24, 2.45) is 11.5 Å². The third-order valence-corrected chi connectivity index (χ3v) is 5.14. The molecule has 5 N–H and O–H groups in total. The first kappa shape index (κ1) is 20.0. The molecule has 0 fully saturated rings. The third-order valence-electron chi connectivity index (χ3n) is 5.14. The number of rotatable bonds is 6. The number of hydrogen-bond acceptors (Lipinski definition) is 4. The quantitative estimate of drug-likeness (QED) is 0.535. The van der Waals surface area contributed by atoms with Crippen molar-refractivity contribution in [1.29, 1.82) is 0 Å². The van der Waals surface area contributed by atoms with Gasteiger partial charge in [0.05, 0.1) is 5.57 Å². The molecule has 0 aromatic heterocycles. The number of amides is 2. The van der Waals surface area contributed by atoms with Gasteiger partial charge in [-0.25, -0.2) is 0 Å². The van der Waals surface area contributed by atoms with Gasteiger partial charge in [-0.3, -0.25) is 9.59 Å². The Labute approximate surface area is 179 Å². The van der Waals surface area contributed by atoms with Crippen LogP contribution in [0.25, 0.3) is 5.70 Å². The lowest BCUT2D eigenvalue weighted by Gasteiger charge is -2.17. The zero-order chi connectivity index (χ0) is 22.0. The summed E-state index contributed by atoms with van der Waals surface area (Å²) >= 11 is 0. The Kier molecular flexibility index (Phi) is 5.28. The molecule has 2 amide bonds. The van der Waals surface area contributed by atoms with E-state index in [1.54, 1.807) is 18.2 Å². The second-order valence-corrected chi connectivity index (χ2v) is 7.10. The Bertz CT molecular complexity index is 1200. The molecule has 3 aromatic carbocycles. The third kappa shape index (κ3) is 3.91. The van der Waals surface area contributed by atoms with Crippen molar-refractivity contribution in [2.45, 2.75) is 5.92 Å². The van der Waals surface area contributed by atoms with E-state index in [1.165, 1.54) is 6.08 Å². The van der Waals surface area contributed by atoms with Crippen LogP contribution in [-0.4, -0.2) is 11.8 Å². The summed E-state index contributed by atoms with van der Waals surface area (Å²) in [5.41, 5.74) is 15.6. The maximum Gasteiger partial charge on any atom is 0.247 e. The van der Waals surface area contributed by atoms with Gasteiger partial charge in [-0.15, -0.1) is 0 Å². The number of para-hydroxylation sites is 1. The average molecular weight is 411 g/mol. The Morgan fingerprint density at radius 3 is 2.29 bits per heavy atom. The highest BCUT2D eigenvalue weighted by atomic mass is 16.5. The largest absolute Gasteiger partial charge is 0.457 e. The second-order valence-electron chi connectivity index (χ2n) is 7.10. The van der Waals surface area contributed by atoms with Crippen molar-refractivity contribution in [3.8, 4) is 11.5 Å². The number of nitrogens with two attached hydrogens (primary N) is 2. The highest BCUT2D eigenvalue weighted by molar-refractivity contribution is 6.05. The number of carbonyl (C=O) groups excluding carboxylic acids is 2. The fraction of sp³-hybridized carbons (Fsp3) is 0.0400. The molecule has 4 rings (SSSR count). The molecule has 154 valence electrons. The average Bonchev–Trinajstić information content (AvgIpc) is 3.07. The van der Waals surface area contributed by atoms with Crippen LogP contribution in [0.2, 0.25) is 0 Å². The van der Waals surface area contributed by atoms with Gasteiger partial charge in [0.25, 0.3) is 0 Å². The van der Waals surface area contributed by atoms with E-state index in [0.29, 0.717) is 22.7 Å². The number of anilines is 1. The smallest absolute Gasteiger partial charge is 0.247 e. The summed E-state index contributed by atoms with van der Waals surface area (Å²) in [7, 11) is 0. The van der Waals surface area contributed by atoms with E-state index in [0.717, 1.165) is 22.4 Å². The van der Waals surface area contributed by atoms with Gasteiger partial charge in [-0.2, -0.15) is 0 Å². The minimum atomic E-state index is -0.583. The van der Waals surface area contributed by atoms with E-state index in [2.05, 4.69) is 11.9 Å². The van der Waals surface area contributed by atoms with Gasteiger partial charge in [-0.1, -0.05) is 43.0 Å². The number of primary amides is 1. The summed E-state index contributed by atoms with van der Waals surface area (Å²) in [6.07, 6.45) is 1.19. The first-order chi connectivity index (χ1) is 15.0. The molecule has 1 aliphatic rings. The van der Waals surface area contributed by atoms with Gasteiger partial charge in [0, 0.05) is 22.9 Å². The van der Waals surface area contributed by atoms with Crippen LogP contribution in [0.1, 0.15) is 22.6 Å². The highest BCUT2D eigenvalue weighted by Crippen LogP contribution is 2.45. The standard InChI is InChI=1S/C25H21N3O3/c1-2-21(29)28-16-10-13-19-20(14-16)22(23(24(19)26)25(27)30)15-8-11-18(12-9-15)31-17-6-4-3-5-7-17/h2-14,22H,1,26H2,(H2,27,30)(H,28,29). The van der Waals surface area contributed by atoms with Crippen LogP contribution in [0.5, 0.6) is 11.5 Å². The van der Waals surface area contributed by atoms with Gasteiger partial charge in [-0.05, 0) is 53.6 Å². The SMILES string of the molecule is C=CC(=O)Nc1ccc2c(c1)C(c1ccc(Oc3ccccc3)cc1)C(C(N)=O)=C2N. The van der Waals surface area contributed by atoms with Gasteiger partial charge >= 0.3 is 0 Å². The number of carbonyl (C=O) groups is 2. The molecule has 0 saturated heterocycles. The number of hydrogen-bond donors (Lipinski definition) is 3. The monoisotopic (exact) mass is 411 g/mol. The normalized spacial score (nSPS) is 14.6. The summed E-state index contributed by atoms with van der Waals surface area (Å²) in [6.45, 7) is 3.46. The fourth-order valence-corrected chi connectivity index (χ4v) is 3.75. The van der Waals surface area contributed by atoms with Crippen LogP contribution in [0, 0.1) is 0 Å². The van der Waals surface area contributed by atoms with Crippen molar-refractivity contribution in [1.82, 2.24) is 0 Å². The summed E-state index contributed by atoms with van der Waals surface area (Å²) in [5, 5.41) is 2.74. The number of nitrogens with one attached hydrogen (secondary N) is 1. The maximum atomic E-state index is 12.3. The van der Waals surface area contributed by atoms with Crippen molar-refractivity contribution in [3.05, 3.63) is 108 Å². The zero-order valence-corrected chi connectivity index (χ0v) is 16.7. The zero-order valence-electron chi connectivity index (χ0n) is 16.7. The lowest BCUT2D eigenvalue weighted by atomic mass is 9.88. The molecule has 0 radical (unpaired) electrons. The molecule has 6 nitrogen and oxygen atoms in total. The van der Waals surface area contributed by atoms with E-state index >= 15 is 0 Å². The van der Waals surface area contributed by atoms with Crippen molar-refractivity contribution < 1.29 is 14.3 Å². The van der Waals surface area contributed by atoms with Crippen molar-refractivity contribution in [2.75, 3.05) is 5.32 Å². The topological polar surface area (TPSA) is 107 Å². The first-order valence-electron chi connectivity index (χ1n) is 9.68. The predicted molar refractivity (Wildman–Crippen MR) is 120 cm³/mol. The van der Waals surface area contributed by atoms with E-state index < -0.39 is 11.8 Å². The van der Waals surface area contributed by atoms with E-state index in [4.69, 9.17) is 16.2 Å². The fourth-order valence-electron chi connectivity index (χ4n) is 3.75. The second kappa shape index (κ2) is 8.20. The highest BCUT2D eigenvalue weighted by Gasteiger charge is 2.34. The Balaban J connectivity index is 1.71.